The summed E-state index contributed by atoms with van der Waals surface area (Å²) in [6, 6.07) is 14.1. The molecule has 0 bridgehead atoms. The minimum atomic E-state index is -5.14. The second-order valence-corrected chi connectivity index (χ2v) is 19.7. The van der Waals surface area contributed by atoms with Crippen LogP contribution in [0.15, 0.2) is 109 Å². The number of alkyl halides is 18. The van der Waals surface area contributed by atoms with Gasteiger partial charge in [0.25, 0.3) is 0 Å². The van der Waals surface area contributed by atoms with Gasteiger partial charge in [0.15, 0.2) is 0 Å². The minimum Gasteiger partial charge on any atom is -0.299 e. The average molecular weight is 1150 g/mol. The smallest absolute Gasteiger partial charge is 0.299 e. The number of carbonyl (C=O) groups excluding carboxylic acids is 2. The maximum Gasteiger partial charge on any atom is 0.417 e. The first-order chi connectivity index (χ1) is 35.5. The molecule has 0 aliphatic rings. The molecule has 2 nitrogen and oxygen atoms in total. The first-order valence-corrected chi connectivity index (χ1v) is 23.6. The number of carbonyl (C=O) groups is 2. The molecule has 6 rings (SSSR count). The van der Waals surface area contributed by atoms with Gasteiger partial charge >= 0.3 is 37.1 Å². The van der Waals surface area contributed by atoms with Crippen molar-refractivity contribution in [3.63, 3.8) is 0 Å². The van der Waals surface area contributed by atoms with Crippen molar-refractivity contribution in [2.75, 3.05) is 0 Å². The van der Waals surface area contributed by atoms with Crippen molar-refractivity contribution >= 4 is 23.2 Å². The number of Topliss-reactive ketones (excluding diaryl/α,β-unsaturated/α-hetero) is 2. The van der Waals surface area contributed by atoms with Crippen LogP contribution in [0, 0.1) is 17.7 Å². The SMILES string of the molecule is CC(=O)C(CC(C)C)c1cc(-c2cc(C(F)(F)F)cc(C(F)(F)F)c2)cc(-c2ccc(Cl)c(C(F)(F)F)c2)c1.CC(=O)C(CC(C)C)c1cc(-c2cc(F)cc(C(F)(F)F)c2)cc(-c2cc(C(F)(F)F)cc(C(F)(F)F)c2)c1. The van der Waals surface area contributed by atoms with Crippen molar-refractivity contribution in [1.29, 1.82) is 0 Å². The van der Waals surface area contributed by atoms with Crippen LogP contribution >= 0.6 is 11.6 Å². The lowest BCUT2D eigenvalue weighted by atomic mass is 9.84. The Balaban J connectivity index is 0.000000287. The van der Waals surface area contributed by atoms with Gasteiger partial charge in [0.05, 0.1) is 38.4 Å². The van der Waals surface area contributed by atoms with Gasteiger partial charge in [0.2, 0.25) is 0 Å². The Morgan fingerprint density at radius 3 is 0.936 bits per heavy atom. The van der Waals surface area contributed by atoms with Crippen LogP contribution in [-0.2, 0) is 46.6 Å². The van der Waals surface area contributed by atoms with Crippen LogP contribution in [-0.4, -0.2) is 11.6 Å². The topological polar surface area (TPSA) is 34.1 Å². The van der Waals surface area contributed by atoms with E-state index < -0.39 is 104 Å². The maximum absolute atomic E-state index is 14.2. The lowest BCUT2D eigenvalue weighted by molar-refractivity contribution is -0.144. The van der Waals surface area contributed by atoms with Crippen molar-refractivity contribution < 1.29 is 93.0 Å². The van der Waals surface area contributed by atoms with E-state index >= 15 is 0 Å². The number of halogens is 20. The Labute approximate surface area is 439 Å². The molecule has 0 amide bonds. The molecule has 0 radical (unpaired) electrons. The quantitative estimate of drug-likeness (QED) is 0.114. The fourth-order valence-electron chi connectivity index (χ4n) is 8.47. The first-order valence-electron chi connectivity index (χ1n) is 23.2. The molecule has 6 aromatic rings. The maximum atomic E-state index is 14.2. The van der Waals surface area contributed by atoms with E-state index in [0.717, 1.165) is 24.3 Å². The van der Waals surface area contributed by atoms with Gasteiger partial charge in [-0.2, -0.15) is 79.0 Å². The lowest BCUT2D eigenvalue weighted by Gasteiger charge is -2.20. The zero-order valence-electron chi connectivity index (χ0n) is 41.5. The fourth-order valence-corrected chi connectivity index (χ4v) is 8.70. The third kappa shape index (κ3) is 16.1. The van der Waals surface area contributed by atoms with E-state index in [1.54, 1.807) is 13.8 Å². The highest BCUT2D eigenvalue weighted by Crippen LogP contribution is 2.45. The highest BCUT2D eigenvalue weighted by Gasteiger charge is 2.40. The molecule has 6 aromatic carbocycles. The number of benzene rings is 6. The largest absolute Gasteiger partial charge is 0.417 e. The second-order valence-electron chi connectivity index (χ2n) is 19.3. The summed E-state index contributed by atoms with van der Waals surface area (Å²) in [4.78, 5) is 25.0. The van der Waals surface area contributed by atoms with Crippen molar-refractivity contribution in [3.8, 4) is 44.5 Å². The summed E-state index contributed by atoms with van der Waals surface area (Å²) in [7, 11) is 0. The molecule has 2 unspecified atom stereocenters. The van der Waals surface area contributed by atoms with Gasteiger partial charge in [-0.3, -0.25) is 9.59 Å². The Bertz CT molecular complexity index is 3090. The number of hydrogen-bond donors (Lipinski definition) is 0. The third-order valence-electron chi connectivity index (χ3n) is 12.1. The molecule has 420 valence electrons. The summed E-state index contributed by atoms with van der Waals surface area (Å²) < 4.78 is 257. The molecule has 0 aliphatic heterocycles. The average Bonchev–Trinajstić information content (AvgIpc) is 3.31. The molecule has 0 spiro atoms. The summed E-state index contributed by atoms with van der Waals surface area (Å²) in [5.74, 6) is -3.71. The van der Waals surface area contributed by atoms with E-state index in [0.29, 0.717) is 36.8 Å². The van der Waals surface area contributed by atoms with E-state index in [2.05, 4.69) is 0 Å². The van der Waals surface area contributed by atoms with E-state index in [-0.39, 0.29) is 92.5 Å². The van der Waals surface area contributed by atoms with Gasteiger partial charge in [-0.05, 0) is 173 Å². The zero-order valence-corrected chi connectivity index (χ0v) is 42.2. The van der Waals surface area contributed by atoms with Gasteiger partial charge in [-0.1, -0.05) is 69.6 Å². The van der Waals surface area contributed by atoms with Gasteiger partial charge < -0.3 is 0 Å². The molecular formula is C56H44ClF19O2. The van der Waals surface area contributed by atoms with Crippen molar-refractivity contribution in [2.24, 2.45) is 11.8 Å². The van der Waals surface area contributed by atoms with Crippen LogP contribution in [0.1, 0.15) is 111 Å². The van der Waals surface area contributed by atoms with E-state index in [1.807, 2.05) is 13.8 Å². The second kappa shape index (κ2) is 23.1. The van der Waals surface area contributed by atoms with Crippen LogP contribution in [0.5, 0.6) is 0 Å². The Hall–Kier alpha value is -6.38. The van der Waals surface area contributed by atoms with E-state index in [4.69, 9.17) is 11.6 Å². The molecule has 0 saturated heterocycles. The molecule has 0 aliphatic carbocycles. The molecule has 0 fully saturated rings. The summed E-state index contributed by atoms with van der Waals surface area (Å²) in [5.41, 5.74) is -10.1. The van der Waals surface area contributed by atoms with Crippen LogP contribution in [0.3, 0.4) is 0 Å². The van der Waals surface area contributed by atoms with Gasteiger partial charge in [-0.25, -0.2) is 4.39 Å². The highest BCUT2D eigenvalue weighted by molar-refractivity contribution is 6.31. The molecule has 78 heavy (non-hydrogen) atoms. The molecule has 0 N–H and O–H groups in total. The van der Waals surface area contributed by atoms with Crippen molar-refractivity contribution in [3.05, 3.63) is 165 Å². The Morgan fingerprint density at radius 2 is 0.654 bits per heavy atom. The summed E-state index contributed by atoms with van der Waals surface area (Å²) in [5, 5.41) is -0.586. The summed E-state index contributed by atoms with van der Waals surface area (Å²) in [6.07, 6.45) is -29.7. The zero-order chi connectivity index (χ0) is 59.0. The standard InChI is InChI=1S/C28H22ClF9O.C28H22F10O/c1-14(2)6-23(15(3)39)20-8-17(16-4-5-25(29)24(12-16)28(36,37)38)7-18(9-20)19-10-21(26(30,31)32)13-22(11-19)27(33,34)35;1-14(2)4-25(15(3)39)20-6-16(18-8-21(26(30,31)32)12-22(9-18)27(33,34)35)5-17(7-20)19-10-23(28(36,37)38)13-24(29)11-19/h4-5,7-14,23H,6H2,1-3H3;5-14,25H,4H2,1-3H3. The Kier molecular flexibility index (Phi) is 18.5. The summed E-state index contributed by atoms with van der Waals surface area (Å²) in [6.45, 7) is 9.73. The summed E-state index contributed by atoms with van der Waals surface area (Å²) >= 11 is 5.72. The van der Waals surface area contributed by atoms with Gasteiger partial charge in [0, 0.05) is 11.8 Å². The van der Waals surface area contributed by atoms with Gasteiger partial charge in [0.1, 0.15) is 17.4 Å². The fraction of sp³-hybridized carbons (Fsp3) is 0.321. The first kappa shape index (κ1) is 62.5. The van der Waals surface area contributed by atoms with Crippen LogP contribution in [0.2, 0.25) is 5.02 Å². The van der Waals surface area contributed by atoms with E-state index in [9.17, 15) is 93.0 Å². The normalized spacial score (nSPS) is 13.6. The molecular weight excluding hydrogens is 1100 g/mol. The minimum absolute atomic E-state index is 0.0137. The predicted octanol–water partition coefficient (Wildman–Crippen LogP) is 20.4. The van der Waals surface area contributed by atoms with Crippen molar-refractivity contribution in [1.82, 2.24) is 0 Å². The van der Waals surface area contributed by atoms with Crippen molar-refractivity contribution in [2.45, 2.75) is 103 Å². The molecule has 22 heteroatoms. The Morgan fingerprint density at radius 1 is 0.372 bits per heavy atom. The number of rotatable bonds is 12. The van der Waals surface area contributed by atoms with Gasteiger partial charge in [-0.15, -0.1) is 0 Å². The van der Waals surface area contributed by atoms with Crippen LogP contribution in [0.25, 0.3) is 44.5 Å². The predicted molar refractivity (Wildman–Crippen MR) is 255 cm³/mol. The molecule has 2 atom stereocenters. The van der Waals surface area contributed by atoms with E-state index in [1.165, 1.54) is 50.2 Å². The third-order valence-corrected chi connectivity index (χ3v) is 12.4. The highest BCUT2D eigenvalue weighted by atomic mass is 35.5. The lowest BCUT2D eigenvalue weighted by Crippen LogP contribution is -2.13. The molecule has 0 heterocycles. The molecule has 0 aromatic heterocycles. The number of ketones is 2. The van der Waals surface area contributed by atoms with Crippen LogP contribution in [0.4, 0.5) is 83.4 Å². The molecule has 0 saturated carbocycles. The monoisotopic (exact) mass is 1140 g/mol. The number of hydrogen-bond acceptors (Lipinski definition) is 2. The van der Waals surface area contributed by atoms with Crippen LogP contribution < -0.4 is 0 Å².